The van der Waals surface area contributed by atoms with Crippen molar-refractivity contribution in [3.8, 4) is 6.07 Å². The standard InChI is InChI=1S/C37H36N6O2/c1-39-36(45)34(41-35(44)27-42(23-22-38)25-29-14-6-2-7-15-29)24-33-26-43(28-40-33)37(30-16-8-3-9-17-30,31-18-10-4-11-19-31)32-20-12-5-13-21-32/h2-21,26,28,34H,23-25,27H2,1H3,(H,39,45)(H,41,44). The maximum absolute atomic E-state index is 13.2. The molecule has 0 bridgehead atoms. The SMILES string of the molecule is CNC(=O)C(Cc1cn(C(c2ccccc2)(c2ccccc2)c2ccccc2)cn1)NC(=O)CN(CC#N)Cc1ccccc1. The molecule has 2 amide bonds. The molecular formula is C37H36N6O2. The van der Waals surface area contributed by atoms with Crippen LogP contribution in [-0.4, -0.2) is 52.4 Å². The van der Waals surface area contributed by atoms with Crippen molar-refractivity contribution in [3.05, 3.63) is 162 Å². The van der Waals surface area contributed by atoms with E-state index < -0.39 is 11.6 Å². The molecule has 0 spiro atoms. The minimum Gasteiger partial charge on any atom is -0.357 e. The first kappa shape index (κ1) is 30.9. The number of aromatic nitrogens is 2. The normalized spacial score (nSPS) is 11.8. The first-order chi connectivity index (χ1) is 22.0. The minimum absolute atomic E-state index is 0.0243. The van der Waals surface area contributed by atoms with Gasteiger partial charge in [-0.25, -0.2) is 4.98 Å². The van der Waals surface area contributed by atoms with Crippen molar-refractivity contribution in [1.29, 1.82) is 5.26 Å². The Labute approximate surface area is 264 Å². The molecule has 1 aromatic heterocycles. The summed E-state index contributed by atoms with van der Waals surface area (Å²) in [5.41, 5.74) is 4.06. The molecule has 1 unspecified atom stereocenters. The lowest BCUT2D eigenvalue weighted by Gasteiger charge is -2.37. The number of nitrogens with zero attached hydrogens (tertiary/aromatic N) is 4. The Morgan fingerprint density at radius 1 is 0.844 bits per heavy atom. The summed E-state index contributed by atoms with van der Waals surface area (Å²) >= 11 is 0. The van der Waals surface area contributed by atoms with Crippen LogP contribution < -0.4 is 10.6 Å². The zero-order chi connectivity index (χ0) is 31.5. The van der Waals surface area contributed by atoms with E-state index >= 15 is 0 Å². The van der Waals surface area contributed by atoms with Gasteiger partial charge in [0.15, 0.2) is 0 Å². The van der Waals surface area contributed by atoms with Gasteiger partial charge in [-0.05, 0) is 22.3 Å². The topological polar surface area (TPSA) is 103 Å². The molecule has 2 N–H and O–H groups in total. The Kier molecular flexibility index (Phi) is 10.2. The van der Waals surface area contributed by atoms with Crippen LogP contribution in [-0.2, 0) is 28.1 Å². The third kappa shape index (κ3) is 7.18. The molecule has 0 aliphatic heterocycles. The average molecular weight is 597 g/mol. The quantitative estimate of drug-likeness (QED) is 0.154. The Balaban J connectivity index is 1.44. The van der Waals surface area contributed by atoms with Gasteiger partial charge in [0.2, 0.25) is 11.8 Å². The number of hydrogen-bond donors (Lipinski definition) is 2. The monoisotopic (exact) mass is 596 g/mol. The van der Waals surface area contributed by atoms with Crippen molar-refractivity contribution in [2.24, 2.45) is 0 Å². The molecule has 0 aliphatic rings. The molecule has 5 aromatic rings. The maximum atomic E-state index is 13.2. The van der Waals surface area contributed by atoms with E-state index in [4.69, 9.17) is 4.98 Å². The van der Waals surface area contributed by atoms with E-state index in [1.165, 1.54) is 0 Å². The van der Waals surface area contributed by atoms with Gasteiger partial charge in [0.1, 0.15) is 11.6 Å². The largest absolute Gasteiger partial charge is 0.357 e. The second-order valence-electron chi connectivity index (χ2n) is 10.8. The lowest BCUT2D eigenvalue weighted by Crippen LogP contribution is -2.49. The number of nitrogens with one attached hydrogen (secondary N) is 2. The molecule has 226 valence electrons. The lowest BCUT2D eigenvalue weighted by atomic mass is 9.77. The van der Waals surface area contributed by atoms with E-state index in [1.807, 2.05) is 91.1 Å². The number of likely N-dealkylation sites (N-methyl/N-ethyl adjacent to an activating group) is 1. The Bertz CT molecular complexity index is 1620. The third-order valence-electron chi connectivity index (χ3n) is 7.82. The summed E-state index contributed by atoms with van der Waals surface area (Å²) in [7, 11) is 1.54. The van der Waals surface area contributed by atoms with Crippen LogP contribution in [0.25, 0.3) is 0 Å². The first-order valence-corrected chi connectivity index (χ1v) is 14.9. The van der Waals surface area contributed by atoms with E-state index in [0.717, 1.165) is 22.3 Å². The van der Waals surface area contributed by atoms with Crippen LogP contribution in [0.1, 0.15) is 27.9 Å². The molecular weight excluding hydrogens is 560 g/mol. The van der Waals surface area contributed by atoms with E-state index in [1.54, 1.807) is 18.3 Å². The number of carbonyl (C=O) groups is 2. The third-order valence-corrected chi connectivity index (χ3v) is 7.82. The van der Waals surface area contributed by atoms with Gasteiger partial charge in [-0.3, -0.25) is 14.5 Å². The first-order valence-electron chi connectivity index (χ1n) is 14.9. The summed E-state index contributed by atoms with van der Waals surface area (Å²) in [5, 5.41) is 14.9. The predicted octanol–water partition coefficient (Wildman–Crippen LogP) is 4.52. The molecule has 1 atom stereocenters. The van der Waals surface area contributed by atoms with E-state index in [2.05, 4.69) is 57.7 Å². The molecule has 0 radical (unpaired) electrons. The second kappa shape index (κ2) is 14.8. The summed E-state index contributed by atoms with van der Waals surface area (Å²) in [6, 6.07) is 41.7. The van der Waals surface area contributed by atoms with Crippen LogP contribution in [0.4, 0.5) is 0 Å². The van der Waals surface area contributed by atoms with Crippen molar-refractivity contribution in [1.82, 2.24) is 25.1 Å². The van der Waals surface area contributed by atoms with Gasteiger partial charge >= 0.3 is 0 Å². The van der Waals surface area contributed by atoms with E-state index in [-0.39, 0.29) is 31.3 Å². The van der Waals surface area contributed by atoms with Gasteiger partial charge in [0.25, 0.3) is 0 Å². The van der Waals surface area contributed by atoms with Gasteiger partial charge in [0.05, 0.1) is 31.2 Å². The fourth-order valence-corrected chi connectivity index (χ4v) is 5.78. The molecule has 0 fully saturated rings. The van der Waals surface area contributed by atoms with Crippen molar-refractivity contribution in [3.63, 3.8) is 0 Å². The number of hydrogen-bond acceptors (Lipinski definition) is 5. The minimum atomic E-state index is -0.855. The summed E-state index contributed by atoms with van der Waals surface area (Å²) in [6.07, 6.45) is 3.93. The highest BCUT2D eigenvalue weighted by Crippen LogP contribution is 2.40. The maximum Gasteiger partial charge on any atom is 0.242 e. The Morgan fingerprint density at radius 2 is 1.36 bits per heavy atom. The molecule has 8 heteroatoms. The molecule has 0 saturated heterocycles. The van der Waals surface area contributed by atoms with Crippen molar-refractivity contribution in [2.45, 2.75) is 24.5 Å². The molecule has 4 aromatic carbocycles. The number of amides is 2. The van der Waals surface area contributed by atoms with Crippen LogP contribution in [0.2, 0.25) is 0 Å². The van der Waals surface area contributed by atoms with Crippen molar-refractivity contribution < 1.29 is 9.59 Å². The van der Waals surface area contributed by atoms with E-state index in [9.17, 15) is 14.9 Å². The zero-order valence-electron chi connectivity index (χ0n) is 25.2. The highest BCUT2D eigenvalue weighted by atomic mass is 16.2. The molecule has 0 saturated carbocycles. The van der Waals surface area contributed by atoms with Crippen LogP contribution in [0.5, 0.6) is 0 Å². The Hall–Kier alpha value is -5.52. The van der Waals surface area contributed by atoms with Gasteiger partial charge in [-0.2, -0.15) is 5.26 Å². The van der Waals surface area contributed by atoms with Crippen LogP contribution in [0.3, 0.4) is 0 Å². The summed E-state index contributed by atoms with van der Waals surface area (Å²) in [6.45, 7) is 0.499. The number of nitriles is 1. The molecule has 5 rings (SSSR count). The van der Waals surface area contributed by atoms with Crippen molar-refractivity contribution >= 4 is 11.8 Å². The lowest BCUT2D eigenvalue weighted by molar-refractivity contribution is -0.129. The van der Waals surface area contributed by atoms with Gasteiger partial charge < -0.3 is 15.2 Å². The number of imidazole rings is 1. The van der Waals surface area contributed by atoms with Gasteiger partial charge in [-0.1, -0.05) is 121 Å². The summed E-state index contributed by atoms with van der Waals surface area (Å²) in [4.78, 5) is 32.7. The number of benzene rings is 4. The van der Waals surface area contributed by atoms with Crippen molar-refractivity contribution in [2.75, 3.05) is 20.1 Å². The summed E-state index contributed by atoms with van der Waals surface area (Å²) in [5.74, 6) is -0.672. The zero-order valence-corrected chi connectivity index (χ0v) is 25.2. The van der Waals surface area contributed by atoms with Crippen LogP contribution >= 0.6 is 0 Å². The van der Waals surface area contributed by atoms with Gasteiger partial charge in [0, 0.05) is 26.2 Å². The average Bonchev–Trinajstić information content (AvgIpc) is 3.55. The molecule has 1 heterocycles. The van der Waals surface area contributed by atoms with Crippen LogP contribution in [0.15, 0.2) is 134 Å². The molecule has 45 heavy (non-hydrogen) atoms. The number of rotatable bonds is 13. The highest BCUT2D eigenvalue weighted by Gasteiger charge is 2.38. The van der Waals surface area contributed by atoms with E-state index in [0.29, 0.717) is 12.2 Å². The van der Waals surface area contributed by atoms with Crippen LogP contribution in [0, 0.1) is 11.3 Å². The summed E-state index contributed by atoms with van der Waals surface area (Å²) < 4.78 is 2.08. The highest BCUT2D eigenvalue weighted by molar-refractivity contribution is 5.88. The fourth-order valence-electron chi connectivity index (χ4n) is 5.78. The smallest absolute Gasteiger partial charge is 0.242 e. The second-order valence-corrected chi connectivity index (χ2v) is 10.8. The predicted molar refractivity (Wildman–Crippen MR) is 174 cm³/mol. The Morgan fingerprint density at radius 3 is 1.84 bits per heavy atom. The van der Waals surface area contributed by atoms with Gasteiger partial charge in [-0.15, -0.1) is 0 Å². The fraction of sp³-hybridized carbons (Fsp3) is 0.189. The molecule has 8 nitrogen and oxygen atoms in total. The molecule has 0 aliphatic carbocycles. The number of carbonyl (C=O) groups excluding carboxylic acids is 2.